The fourth-order valence-electron chi connectivity index (χ4n) is 6.96. The summed E-state index contributed by atoms with van der Waals surface area (Å²) in [6.07, 6.45) is 6.42. The molecule has 5 atom stereocenters. The smallest absolute Gasteiger partial charge is 0.119 e. The van der Waals surface area contributed by atoms with Crippen LogP contribution in [0.2, 0.25) is 0 Å². The zero-order valence-corrected chi connectivity index (χ0v) is 12.4. The van der Waals surface area contributed by atoms with Crippen molar-refractivity contribution in [3.05, 3.63) is 29.3 Å². The van der Waals surface area contributed by atoms with Crippen LogP contribution in [0.15, 0.2) is 18.2 Å². The van der Waals surface area contributed by atoms with E-state index in [2.05, 4.69) is 25.1 Å². The van der Waals surface area contributed by atoms with Gasteiger partial charge >= 0.3 is 0 Å². The number of fused-ring (bicyclic) bond motifs is 5. The van der Waals surface area contributed by atoms with Crippen LogP contribution in [0.5, 0.6) is 5.75 Å². The minimum atomic E-state index is 0.115. The van der Waals surface area contributed by atoms with Crippen molar-refractivity contribution in [3.8, 4) is 5.75 Å². The highest BCUT2D eigenvalue weighted by Crippen LogP contribution is 2.79. The van der Waals surface area contributed by atoms with Crippen LogP contribution < -0.4 is 10.5 Å². The van der Waals surface area contributed by atoms with Crippen LogP contribution in [-0.4, -0.2) is 12.6 Å². The quantitative estimate of drug-likeness (QED) is 0.846. The van der Waals surface area contributed by atoms with E-state index in [0.717, 1.165) is 11.7 Å². The first-order chi connectivity index (χ1) is 9.47. The van der Waals surface area contributed by atoms with Crippen LogP contribution in [0.3, 0.4) is 0 Å². The molecule has 20 heavy (non-hydrogen) atoms. The van der Waals surface area contributed by atoms with E-state index < -0.39 is 0 Å². The molecular weight excluding hydrogens is 246 g/mol. The summed E-state index contributed by atoms with van der Waals surface area (Å²) in [5.74, 6) is 2.46. The highest BCUT2D eigenvalue weighted by molar-refractivity contribution is 5.51. The van der Waals surface area contributed by atoms with Crippen LogP contribution in [0, 0.1) is 10.8 Å². The summed E-state index contributed by atoms with van der Waals surface area (Å²) in [4.78, 5) is 0. The number of hydrogen-bond donors (Lipinski definition) is 1. The van der Waals surface area contributed by atoms with E-state index in [9.17, 15) is 0 Å². The summed E-state index contributed by atoms with van der Waals surface area (Å²) in [6.45, 7) is 2.48. The molecule has 4 aliphatic rings. The second-order valence-corrected chi connectivity index (χ2v) is 8.44. The molecule has 3 fully saturated rings. The summed E-state index contributed by atoms with van der Waals surface area (Å²) in [6, 6.07) is 6.78. The van der Waals surface area contributed by atoms with E-state index in [4.69, 9.17) is 10.5 Å². The van der Waals surface area contributed by atoms with E-state index in [-0.39, 0.29) is 5.54 Å². The molecule has 0 aromatic heterocycles. The van der Waals surface area contributed by atoms with Gasteiger partial charge in [-0.1, -0.05) is 13.0 Å². The van der Waals surface area contributed by atoms with Gasteiger partial charge in [0.1, 0.15) is 5.75 Å². The van der Waals surface area contributed by atoms with Gasteiger partial charge in [0.05, 0.1) is 7.11 Å². The third-order valence-electron chi connectivity index (χ3n) is 6.96. The molecule has 0 amide bonds. The lowest BCUT2D eigenvalue weighted by Gasteiger charge is -2.41. The predicted octanol–water partition coefficient (Wildman–Crippen LogP) is 3.56. The average Bonchev–Trinajstić information content (AvgIpc) is 2.85. The Morgan fingerprint density at radius 2 is 1.90 bits per heavy atom. The maximum absolute atomic E-state index is 6.78. The third kappa shape index (κ3) is 1.13. The van der Waals surface area contributed by atoms with E-state index >= 15 is 0 Å². The van der Waals surface area contributed by atoms with Crippen molar-refractivity contribution in [1.29, 1.82) is 0 Å². The lowest BCUT2D eigenvalue weighted by atomic mass is 9.66. The molecule has 0 aliphatic heterocycles. The Morgan fingerprint density at radius 1 is 1.10 bits per heavy atom. The topological polar surface area (TPSA) is 35.2 Å². The number of benzene rings is 1. The second kappa shape index (κ2) is 3.09. The Balaban J connectivity index is 1.74. The highest BCUT2D eigenvalue weighted by Gasteiger charge is 2.71. The van der Waals surface area contributed by atoms with Crippen LogP contribution in [0.25, 0.3) is 0 Å². The first-order valence-electron chi connectivity index (χ1n) is 7.94. The Labute approximate surface area is 120 Å². The van der Waals surface area contributed by atoms with Crippen molar-refractivity contribution in [2.45, 2.75) is 56.4 Å². The van der Waals surface area contributed by atoms with Crippen molar-refractivity contribution in [1.82, 2.24) is 0 Å². The van der Waals surface area contributed by atoms with Crippen LogP contribution in [0.4, 0.5) is 0 Å². The van der Waals surface area contributed by atoms with Gasteiger partial charge in [0.15, 0.2) is 0 Å². The zero-order chi connectivity index (χ0) is 13.8. The molecule has 0 radical (unpaired) electrons. The highest BCUT2D eigenvalue weighted by atomic mass is 16.5. The van der Waals surface area contributed by atoms with E-state index in [0.29, 0.717) is 16.7 Å². The molecule has 1 aromatic rings. The van der Waals surface area contributed by atoms with Gasteiger partial charge in [-0.3, -0.25) is 0 Å². The monoisotopic (exact) mass is 269 g/mol. The molecule has 2 heteroatoms. The largest absolute Gasteiger partial charge is 0.497 e. The van der Waals surface area contributed by atoms with Gasteiger partial charge in [-0.25, -0.2) is 0 Å². The minimum Gasteiger partial charge on any atom is -0.497 e. The van der Waals surface area contributed by atoms with Gasteiger partial charge in [-0.05, 0) is 78.0 Å². The van der Waals surface area contributed by atoms with Gasteiger partial charge < -0.3 is 10.5 Å². The molecule has 2 nitrogen and oxygen atoms in total. The van der Waals surface area contributed by atoms with Crippen LogP contribution >= 0.6 is 0 Å². The van der Waals surface area contributed by atoms with Crippen molar-refractivity contribution < 1.29 is 4.74 Å². The molecule has 1 aromatic carbocycles. The third-order valence-corrected chi connectivity index (χ3v) is 6.96. The lowest BCUT2D eigenvalue weighted by molar-refractivity contribution is 0.133. The molecule has 106 valence electrons. The van der Waals surface area contributed by atoms with E-state index in [1.165, 1.54) is 32.1 Å². The molecular formula is C18H23NO. The Bertz CT molecular complexity index is 622. The summed E-state index contributed by atoms with van der Waals surface area (Å²) >= 11 is 0. The Morgan fingerprint density at radius 3 is 2.70 bits per heavy atom. The van der Waals surface area contributed by atoms with Crippen molar-refractivity contribution in [3.63, 3.8) is 0 Å². The number of ether oxygens (including phenoxy) is 1. The molecule has 4 aliphatic carbocycles. The SMILES string of the molecule is COc1ccc2c(c1)C1CC3(C)CC4(N)CC2C1(C3)C4. The minimum absolute atomic E-state index is 0.115. The standard InChI is InChI=1S/C18H23NO/c1-16-6-14-13-5-11(20-2)3-4-12(13)15-7-17(19,8-16)10-18(14,15)9-16/h3-5,14-15H,6-10,19H2,1-2H3. The van der Waals surface area contributed by atoms with Gasteiger partial charge in [-0.2, -0.15) is 0 Å². The number of nitrogens with two attached hydrogens (primary N) is 1. The second-order valence-electron chi connectivity index (χ2n) is 8.44. The van der Waals surface area contributed by atoms with Crippen molar-refractivity contribution >= 4 is 0 Å². The maximum Gasteiger partial charge on any atom is 0.119 e. The van der Waals surface area contributed by atoms with Gasteiger partial charge in [0.2, 0.25) is 0 Å². The predicted molar refractivity (Wildman–Crippen MR) is 79.0 cm³/mol. The van der Waals surface area contributed by atoms with E-state index in [1.54, 1.807) is 18.2 Å². The number of rotatable bonds is 1. The molecule has 5 unspecified atom stereocenters. The Hall–Kier alpha value is -1.02. The number of methoxy groups -OCH3 is 1. The van der Waals surface area contributed by atoms with Crippen LogP contribution in [-0.2, 0) is 0 Å². The van der Waals surface area contributed by atoms with Gasteiger partial charge in [0.25, 0.3) is 0 Å². The lowest BCUT2D eigenvalue weighted by Crippen LogP contribution is -2.45. The average molecular weight is 269 g/mol. The first kappa shape index (κ1) is 11.6. The molecule has 5 rings (SSSR count). The normalized spacial score (nSPS) is 50.4. The summed E-state index contributed by atoms with van der Waals surface area (Å²) < 4.78 is 5.47. The fraction of sp³-hybridized carbons (Fsp3) is 0.667. The molecule has 3 saturated carbocycles. The molecule has 2 N–H and O–H groups in total. The maximum atomic E-state index is 6.78. The van der Waals surface area contributed by atoms with Crippen molar-refractivity contribution in [2.24, 2.45) is 16.6 Å². The van der Waals surface area contributed by atoms with E-state index in [1.807, 2.05) is 0 Å². The number of hydrogen-bond acceptors (Lipinski definition) is 2. The molecule has 1 spiro atoms. The molecule has 0 saturated heterocycles. The van der Waals surface area contributed by atoms with Crippen molar-refractivity contribution in [2.75, 3.05) is 7.11 Å². The summed E-state index contributed by atoms with van der Waals surface area (Å²) in [7, 11) is 1.77. The molecule has 0 heterocycles. The summed E-state index contributed by atoms with van der Waals surface area (Å²) in [5, 5.41) is 0. The Kier molecular flexibility index (Phi) is 1.79. The summed E-state index contributed by atoms with van der Waals surface area (Å²) in [5.41, 5.74) is 11.0. The zero-order valence-electron chi connectivity index (χ0n) is 12.4. The van der Waals surface area contributed by atoms with Gasteiger partial charge in [-0.15, -0.1) is 0 Å². The fourth-order valence-corrected chi connectivity index (χ4v) is 6.96. The first-order valence-corrected chi connectivity index (χ1v) is 7.94. The van der Waals surface area contributed by atoms with Crippen LogP contribution in [0.1, 0.15) is 62.0 Å². The van der Waals surface area contributed by atoms with Gasteiger partial charge in [0, 0.05) is 5.54 Å². The molecule has 3 bridgehead atoms.